The van der Waals surface area contributed by atoms with Gasteiger partial charge in [0.25, 0.3) is 0 Å². The second-order valence-corrected chi connectivity index (χ2v) is 5.73. The molecule has 0 radical (unpaired) electrons. The molecule has 0 fully saturated rings. The maximum Gasteiger partial charge on any atom is 0.220 e. The van der Waals surface area contributed by atoms with Crippen molar-refractivity contribution in [2.24, 2.45) is 0 Å². The van der Waals surface area contributed by atoms with Crippen molar-refractivity contribution in [2.45, 2.75) is 26.2 Å². The summed E-state index contributed by atoms with van der Waals surface area (Å²) in [6.45, 7) is 2.68. The maximum atomic E-state index is 11.9. The summed E-state index contributed by atoms with van der Waals surface area (Å²) in [7, 11) is 0. The molecule has 0 spiro atoms. The minimum atomic E-state index is 0.0874. The van der Waals surface area contributed by atoms with Crippen LogP contribution in [0.25, 0.3) is 11.0 Å². The average Bonchev–Trinajstić information content (AvgIpc) is 2.97. The molecule has 4 heteroatoms. The van der Waals surface area contributed by atoms with Crippen LogP contribution in [0.3, 0.4) is 0 Å². The Balaban J connectivity index is 1.45. The van der Waals surface area contributed by atoms with E-state index in [1.807, 2.05) is 36.4 Å². The second-order valence-electron chi connectivity index (χ2n) is 5.73. The van der Waals surface area contributed by atoms with E-state index in [0.717, 1.165) is 23.3 Å². The minimum absolute atomic E-state index is 0.0874. The van der Waals surface area contributed by atoms with Gasteiger partial charge in [0.15, 0.2) is 0 Å². The largest absolute Gasteiger partial charge is 0.356 e. The van der Waals surface area contributed by atoms with Crippen molar-refractivity contribution in [2.75, 3.05) is 6.54 Å². The standard InChI is InChI=1S/C19H21N3O/c1-14-6-2-3-7-15(14)10-11-19(23)20-13-12-18-21-16-8-4-5-9-17(16)22-18/h2-9H,10-13H2,1H3,(H,20,23)(H,21,22). The Morgan fingerprint density at radius 2 is 1.87 bits per heavy atom. The molecule has 3 aromatic rings. The number of fused-ring (bicyclic) bond motifs is 1. The summed E-state index contributed by atoms with van der Waals surface area (Å²) in [5, 5.41) is 2.97. The van der Waals surface area contributed by atoms with E-state index in [0.29, 0.717) is 19.4 Å². The summed E-state index contributed by atoms with van der Waals surface area (Å²) in [6.07, 6.45) is 2.01. The van der Waals surface area contributed by atoms with E-state index in [1.165, 1.54) is 11.1 Å². The molecule has 2 aromatic carbocycles. The smallest absolute Gasteiger partial charge is 0.220 e. The van der Waals surface area contributed by atoms with Gasteiger partial charge in [0.1, 0.15) is 5.82 Å². The lowest BCUT2D eigenvalue weighted by molar-refractivity contribution is -0.121. The highest BCUT2D eigenvalue weighted by molar-refractivity contribution is 5.76. The van der Waals surface area contributed by atoms with E-state index >= 15 is 0 Å². The van der Waals surface area contributed by atoms with Crippen molar-refractivity contribution in [1.29, 1.82) is 0 Å². The zero-order chi connectivity index (χ0) is 16.1. The Bertz CT molecular complexity index is 774. The molecular weight excluding hydrogens is 286 g/mol. The van der Waals surface area contributed by atoms with Crippen LogP contribution in [0.2, 0.25) is 0 Å². The van der Waals surface area contributed by atoms with Crippen molar-refractivity contribution in [3.05, 3.63) is 65.5 Å². The number of aromatic amines is 1. The Morgan fingerprint density at radius 1 is 1.09 bits per heavy atom. The van der Waals surface area contributed by atoms with Crippen LogP contribution < -0.4 is 5.32 Å². The number of benzene rings is 2. The molecule has 1 amide bonds. The number of nitrogens with zero attached hydrogens (tertiary/aromatic N) is 1. The highest BCUT2D eigenvalue weighted by Gasteiger charge is 2.05. The third-order valence-electron chi connectivity index (χ3n) is 4.01. The summed E-state index contributed by atoms with van der Waals surface area (Å²) in [4.78, 5) is 19.7. The van der Waals surface area contributed by atoms with Crippen LogP contribution in [0, 0.1) is 6.92 Å². The van der Waals surface area contributed by atoms with E-state index in [2.05, 4.69) is 34.3 Å². The van der Waals surface area contributed by atoms with Crippen LogP contribution in [0.1, 0.15) is 23.4 Å². The van der Waals surface area contributed by atoms with Crippen molar-refractivity contribution in [3.63, 3.8) is 0 Å². The van der Waals surface area contributed by atoms with E-state index in [4.69, 9.17) is 0 Å². The van der Waals surface area contributed by atoms with Crippen LogP contribution in [0.15, 0.2) is 48.5 Å². The summed E-state index contributed by atoms with van der Waals surface area (Å²) in [5.74, 6) is 0.995. The van der Waals surface area contributed by atoms with E-state index in [-0.39, 0.29) is 5.91 Å². The van der Waals surface area contributed by atoms with Crippen molar-refractivity contribution in [3.8, 4) is 0 Å². The van der Waals surface area contributed by atoms with E-state index < -0.39 is 0 Å². The first-order valence-electron chi connectivity index (χ1n) is 7.97. The highest BCUT2D eigenvalue weighted by atomic mass is 16.1. The molecule has 0 unspecified atom stereocenters. The number of hydrogen-bond donors (Lipinski definition) is 2. The van der Waals surface area contributed by atoms with Crippen molar-refractivity contribution in [1.82, 2.24) is 15.3 Å². The quantitative estimate of drug-likeness (QED) is 0.735. The molecule has 23 heavy (non-hydrogen) atoms. The fourth-order valence-corrected chi connectivity index (χ4v) is 2.67. The Kier molecular flexibility index (Phi) is 4.71. The van der Waals surface area contributed by atoms with Crippen LogP contribution >= 0.6 is 0 Å². The van der Waals surface area contributed by atoms with Gasteiger partial charge < -0.3 is 10.3 Å². The van der Waals surface area contributed by atoms with Gasteiger partial charge in [-0.3, -0.25) is 4.79 Å². The molecule has 0 saturated heterocycles. The molecule has 0 aliphatic heterocycles. The molecular formula is C19H21N3O. The summed E-state index contributed by atoms with van der Waals surface area (Å²) in [5.41, 5.74) is 4.48. The lowest BCUT2D eigenvalue weighted by Crippen LogP contribution is -2.26. The van der Waals surface area contributed by atoms with Crippen LogP contribution in [0.5, 0.6) is 0 Å². The predicted molar refractivity (Wildman–Crippen MR) is 92.3 cm³/mol. The third-order valence-corrected chi connectivity index (χ3v) is 4.01. The minimum Gasteiger partial charge on any atom is -0.356 e. The Hall–Kier alpha value is -2.62. The third kappa shape index (κ3) is 3.97. The average molecular weight is 307 g/mol. The van der Waals surface area contributed by atoms with E-state index in [1.54, 1.807) is 0 Å². The number of carbonyl (C=O) groups is 1. The van der Waals surface area contributed by atoms with Gasteiger partial charge in [-0.25, -0.2) is 4.98 Å². The number of H-pyrrole nitrogens is 1. The van der Waals surface area contributed by atoms with Crippen molar-refractivity contribution >= 4 is 16.9 Å². The number of para-hydroxylation sites is 2. The number of aromatic nitrogens is 2. The first-order chi connectivity index (χ1) is 11.2. The number of imidazole rings is 1. The van der Waals surface area contributed by atoms with E-state index in [9.17, 15) is 4.79 Å². The van der Waals surface area contributed by atoms with Gasteiger partial charge in [0.05, 0.1) is 11.0 Å². The molecule has 0 aliphatic carbocycles. The second kappa shape index (κ2) is 7.09. The predicted octanol–water partition coefficient (Wildman–Crippen LogP) is 3.16. The lowest BCUT2D eigenvalue weighted by Gasteiger charge is -2.06. The number of aryl methyl sites for hydroxylation is 2. The van der Waals surface area contributed by atoms with Crippen molar-refractivity contribution < 1.29 is 4.79 Å². The molecule has 0 saturated carbocycles. The highest BCUT2D eigenvalue weighted by Crippen LogP contribution is 2.11. The Labute approximate surface area is 136 Å². The first-order valence-corrected chi connectivity index (χ1v) is 7.97. The first kappa shape index (κ1) is 15.3. The molecule has 3 rings (SSSR count). The molecule has 0 aliphatic rings. The van der Waals surface area contributed by atoms with Gasteiger partial charge in [0.2, 0.25) is 5.91 Å². The van der Waals surface area contributed by atoms with Gasteiger partial charge in [0, 0.05) is 19.4 Å². The molecule has 0 atom stereocenters. The maximum absolute atomic E-state index is 11.9. The fourth-order valence-electron chi connectivity index (χ4n) is 2.67. The number of amides is 1. The molecule has 2 N–H and O–H groups in total. The summed E-state index contributed by atoms with van der Waals surface area (Å²) < 4.78 is 0. The van der Waals surface area contributed by atoms with Gasteiger partial charge >= 0.3 is 0 Å². The lowest BCUT2D eigenvalue weighted by atomic mass is 10.0. The number of rotatable bonds is 6. The van der Waals surface area contributed by atoms with Gasteiger partial charge in [-0.1, -0.05) is 36.4 Å². The molecule has 4 nitrogen and oxygen atoms in total. The van der Waals surface area contributed by atoms with Crippen LogP contribution in [-0.2, 0) is 17.6 Å². The van der Waals surface area contributed by atoms with Gasteiger partial charge in [-0.2, -0.15) is 0 Å². The Morgan fingerprint density at radius 3 is 2.70 bits per heavy atom. The number of nitrogens with one attached hydrogen (secondary N) is 2. The molecule has 1 heterocycles. The molecule has 0 bridgehead atoms. The zero-order valence-corrected chi connectivity index (χ0v) is 13.3. The monoisotopic (exact) mass is 307 g/mol. The normalized spacial score (nSPS) is 10.8. The number of hydrogen-bond acceptors (Lipinski definition) is 2. The SMILES string of the molecule is Cc1ccccc1CCC(=O)NCCc1nc2ccccc2[nH]1. The van der Waals surface area contributed by atoms with Crippen LogP contribution in [-0.4, -0.2) is 22.4 Å². The van der Waals surface area contributed by atoms with Gasteiger partial charge in [-0.05, 0) is 36.6 Å². The van der Waals surface area contributed by atoms with Gasteiger partial charge in [-0.15, -0.1) is 0 Å². The fraction of sp³-hybridized carbons (Fsp3) is 0.263. The summed E-state index contributed by atoms with van der Waals surface area (Å²) >= 11 is 0. The summed E-state index contributed by atoms with van der Waals surface area (Å²) in [6, 6.07) is 16.1. The number of carbonyl (C=O) groups excluding carboxylic acids is 1. The molecule has 1 aromatic heterocycles. The molecule has 118 valence electrons. The van der Waals surface area contributed by atoms with Crippen LogP contribution in [0.4, 0.5) is 0 Å². The zero-order valence-electron chi connectivity index (χ0n) is 13.3. The topological polar surface area (TPSA) is 57.8 Å².